The van der Waals surface area contributed by atoms with Crippen molar-refractivity contribution in [2.75, 3.05) is 5.32 Å². The minimum Gasteiger partial charge on any atom is -0.322 e. The smallest absolute Gasteiger partial charge is 0.255 e. The fourth-order valence-corrected chi connectivity index (χ4v) is 2.57. The number of rotatable bonds is 5. The number of aromatic amines is 1. The van der Waals surface area contributed by atoms with Crippen molar-refractivity contribution in [2.45, 2.75) is 10.6 Å². The lowest BCUT2D eigenvalue weighted by atomic mass is 10.2. The molecule has 2 N–H and O–H groups in total. The summed E-state index contributed by atoms with van der Waals surface area (Å²) in [7, 11) is 0. The third-order valence-corrected chi connectivity index (χ3v) is 3.91. The van der Waals surface area contributed by atoms with Gasteiger partial charge < -0.3 is 5.32 Å². The number of carbonyl (C=O) groups excluding carboxylic acids is 1. The van der Waals surface area contributed by atoms with Crippen LogP contribution in [0.1, 0.15) is 16.2 Å². The van der Waals surface area contributed by atoms with Gasteiger partial charge in [-0.2, -0.15) is 5.21 Å². The van der Waals surface area contributed by atoms with Crippen LogP contribution in [0.15, 0.2) is 59.5 Å². The van der Waals surface area contributed by atoms with Gasteiger partial charge in [0.2, 0.25) is 0 Å². The number of amides is 1. The summed E-state index contributed by atoms with van der Waals surface area (Å²) in [5.41, 5.74) is 1.40. The Morgan fingerprint density at radius 3 is 2.55 bits per heavy atom. The van der Waals surface area contributed by atoms with Gasteiger partial charge in [0.1, 0.15) is 0 Å². The second-order valence-corrected chi connectivity index (χ2v) is 5.51. The van der Waals surface area contributed by atoms with Crippen molar-refractivity contribution < 1.29 is 4.79 Å². The van der Waals surface area contributed by atoms with Gasteiger partial charge in [0.05, 0.1) is 5.75 Å². The molecule has 0 bridgehead atoms. The van der Waals surface area contributed by atoms with Gasteiger partial charge in [0, 0.05) is 16.1 Å². The van der Waals surface area contributed by atoms with Crippen LogP contribution in [-0.4, -0.2) is 26.5 Å². The summed E-state index contributed by atoms with van der Waals surface area (Å²) in [6, 6.07) is 16.8. The molecule has 2 aromatic carbocycles. The average molecular weight is 311 g/mol. The Morgan fingerprint density at radius 1 is 1.09 bits per heavy atom. The van der Waals surface area contributed by atoms with Crippen LogP contribution in [-0.2, 0) is 5.75 Å². The van der Waals surface area contributed by atoms with E-state index in [0.29, 0.717) is 17.1 Å². The molecule has 0 spiro atoms. The Morgan fingerprint density at radius 2 is 1.86 bits per heavy atom. The molecule has 0 aliphatic rings. The third kappa shape index (κ3) is 3.70. The highest BCUT2D eigenvalue weighted by atomic mass is 32.2. The molecule has 110 valence electrons. The van der Waals surface area contributed by atoms with Crippen molar-refractivity contribution >= 4 is 23.4 Å². The van der Waals surface area contributed by atoms with E-state index in [2.05, 4.69) is 25.9 Å². The highest BCUT2D eigenvalue weighted by molar-refractivity contribution is 7.98. The van der Waals surface area contributed by atoms with Crippen LogP contribution < -0.4 is 5.32 Å². The maximum atomic E-state index is 12.1. The number of benzene rings is 2. The zero-order valence-corrected chi connectivity index (χ0v) is 12.4. The first-order valence-corrected chi connectivity index (χ1v) is 7.61. The number of para-hydroxylation sites is 1. The first kappa shape index (κ1) is 14.3. The minimum absolute atomic E-state index is 0.124. The molecule has 1 aromatic heterocycles. The van der Waals surface area contributed by atoms with E-state index in [1.165, 1.54) is 0 Å². The average Bonchev–Trinajstić information content (AvgIpc) is 3.08. The molecular formula is C15H13N5OS. The van der Waals surface area contributed by atoms with Crippen molar-refractivity contribution in [1.29, 1.82) is 0 Å². The van der Waals surface area contributed by atoms with E-state index in [1.807, 2.05) is 42.5 Å². The van der Waals surface area contributed by atoms with Gasteiger partial charge in [-0.25, -0.2) is 0 Å². The molecule has 0 atom stereocenters. The summed E-state index contributed by atoms with van der Waals surface area (Å²) in [4.78, 5) is 13.2. The van der Waals surface area contributed by atoms with Gasteiger partial charge in [-0.05, 0) is 36.4 Å². The van der Waals surface area contributed by atoms with Crippen LogP contribution in [0.3, 0.4) is 0 Å². The standard InChI is InChI=1S/C15H13N5OS/c21-15(16-12-4-2-1-3-5-12)11-6-8-13(9-7-11)22-10-14-17-19-20-18-14/h1-9H,10H2,(H,16,21)(H,17,18,19,20). The summed E-state index contributed by atoms with van der Waals surface area (Å²) < 4.78 is 0. The minimum atomic E-state index is -0.124. The molecule has 7 heteroatoms. The number of thioether (sulfide) groups is 1. The van der Waals surface area contributed by atoms with Crippen molar-refractivity contribution in [3.63, 3.8) is 0 Å². The molecule has 0 saturated heterocycles. The van der Waals surface area contributed by atoms with Gasteiger partial charge in [-0.3, -0.25) is 4.79 Å². The number of aromatic nitrogens is 4. The Hall–Kier alpha value is -2.67. The van der Waals surface area contributed by atoms with Crippen LogP contribution in [0.2, 0.25) is 0 Å². The lowest BCUT2D eigenvalue weighted by Gasteiger charge is -2.05. The largest absolute Gasteiger partial charge is 0.322 e. The van der Waals surface area contributed by atoms with Crippen LogP contribution in [0.4, 0.5) is 5.69 Å². The first-order chi connectivity index (χ1) is 10.8. The van der Waals surface area contributed by atoms with Crippen LogP contribution in [0, 0.1) is 0 Å². The van der Waals surface area contributed by atoms with Crippen molar-refractivity contribution in [1.82, 2.24) is 20.6 Å². The Balaban J connectivity index is 1.60. The number of tetrazole rings is 1. The monoisotopic (exact) mass is 311 g/mol. The Labute approximate surface area is 131 Å². The van der Waals surface area contributed by atoms with Crippen molar-refractivity contribution in [3.8, 4) is 0 Å². The van der Waals surface area contributed by atoms with Crippen LogP contribution >= 0.6 is 11.8 Å². The number of nitrogens with one attached hydrogen (secondary N) is 2. The van der Waals surface area contributed by atoms with E-state index < -0.39 is 0 Å². The first-order valence-electron chi connectivity index (χ1n) is 6.63. The molecule has 22 heavy (non-hydrogen) atoms. The molecule has 1 heterocycles. The van der Waals surface area contributed by atoms with E-state index in [0.717, 1.165) is 10.6 Å². The van der Waals surface area contributed by atoms with Crippen molar-refractivity contribution in [2.24, 2.45) is 0 Å². The number of anilines is 1. The molecule has 0 saturated carbocycles. The van der Waals surface area contributed by atoms with E-state index in [-0.39, 0.29) is 5.91 Å². The molecule has 0 fully saturated rings. The molecule has 0 radical (unpaired) electrons. The third-order valence-electron chi connectivity index (χ3n) is 2.91. The van der Waals surface area contributed by atoms with E-state index in [9.17, 15) is 4.79 Å². The molecule has 0 unspecified atom stereocenters. The highest BCUT2D eigenvalue weighted by Crippen LogP contribution is 2.21. The van der Waals surface area contributed by atoms with Crippen LogP contribution in [0.25, 0.3) is 0 Å². The number of carbonyl (C=O) groups is 1. The lowest BCUT2D eigenvalue weighted by molar-refractivity contribution is 0.102. The Kier molecular flexibility index (Phi) is 4.45. The number of hydrogen-bond acceptors (Lipinski definition) is 5. The zero-order chi connectivity index (χ0) is 15.2. The van der Waals surface area contributed by atoms with Gasteiger partial charge in [-0.1, -0.05) is 23.4 Å². The van der Waals surface area contributed by atoms with Gasteiger partial charge >= 0.3 is 0 Å². The summed E-state index contributed by atoms with van der Waals surface area (Å²) in [5, 5.41) is 16.6. The summed E-state index contributed by atoms with van der Waals surface area (Å²) >= 11 is 1.59. The van der Waals surface area contributed by atoms with E-state index in [4.69, 9.17) is 0 Å². The van der Waals surface area contributed by atoms with E-state index in [1.54, 1.807) is 23.9 Å². The normalized spacial score (nSPS) is 10.4. The van der Waals surface area contributed by atoms with Crippen molar-refractivity contribution in [3.05, 3.63) is 66.0 Å². The zero-order valence-electron chi connectivity index (χ0n) is 11.6. The number of hydrogen-bond donors (Lipinski definition) is 2. The summed E-state index contributed by atoms with van der Waals surface area (Å²) in [5.74, 6) is 1.16. The molecule has 1 amide bonds. The maximum absolute atomic E-state index is 12.1. The number of nitrogens with zero attached hydrogens (tertiary/aromatic N) is 3. The molecule has 0 aliphatic carbocycles. The van der Waals surface area contributed by atoms with Crippen LogP contribution in [0.5, 0.6) is 0 Å². The second-order valence-electron chi connectivity index (χ2n) is 4.46. The number of H-pyrrole nitrogens is 1. The second kappa shape index (κ2) is 6.86. The van der Waals surface area contributed by atoms with Gasteiger partial charge in [-0.15, -0.1) is 22.0 Å². The molecule has 0 aliphatic heterocycles. The van der Waals surface area contributed by atoms with Gasteiger partial charge in [0.15, 0.2) is 5.82 Å². The molecule has 6 nitrogen and oxygen atoms in total. The predicted molar refractivity (Wildman–Crippen MR) is 84.6 cm³/mol. The molecular weight excluding hydrogens is 298 g/mol. The maximum Gasteiger partial charge on any atom is 0.255 e. The quantitative estimate of drug-likeness (QED) is 0.708. The molecule has 3 aromatic rings. The summed E-state index contributed by atoms with van der Waals surface area (Å²) in [6.45, 7) is 0. The van der Waals surface area contributed by atoms with E-state index >= 15 is 0 Å². The highest BCUT2D eigenvalue weighted by Gasteiger charge is 2.06. The summed E-state index contributed by atoms with van der Waals surface area (Å²) in [6.07, 6.45) is 0. The Bertz CT molecular complexity index is 728. The van der Waals surface area contributed by atoms with Gasteiger partial charge in [0.25, 0.3) is 5.91 Å². The predicted octanol–water partition coefficient (Wildman–Crippen LogP) is 2.74. The SMILES string of the molecule is O=C(Nc1ccccc1)c1ccc(SCc2nn[nH]n2)cc1. The fourth-order valence-electron chi connectivity index (χ4n) is 1.82. The fraction of sp³-hybridized carbons (Fsp3) is 0.0667. The molecule has 3 rings (SSSR count). The topological polar surface area (TPSA) is 83.6 Å². The lowest BCUT2D eigenvalue weighted by Crippen LogP contribution is -2.11.